The summed E-state index contributed by atoms with van der Waals surface area (Å²) in [5.41, 5.74) is 0.318. The summed E-state index contributed by atoms with van der Waals surface area (Å²) in [6, 6.07) is 17.5. The number of rotatable bonds is 13. The fourth-order valence-corrected chi connectivity index (χ4v) is 9.13. The molecular weight excluding hydrogens is 722 g/mol. The minimum Gasteiger partial charge on any atom is -0.489 e. The largest absolute Gasteiger partial charge is 0.489 e. The molecule has 290 valence electrons. The molecule has 3 aromatic carbocycles. The fourth-order valence-electron chi connectivity index (χ4n) is 7.50. The van der Waals surface area contributed by atoms with Crippen LogP contribution in [0.4, 0.5) is 10.5 Å². The normalized spacial score (nSPS) is 24.3. The van der Waals surface area contributed by atoms with E-state index in [1.54, 1.807) is 49.1 Å². The predicted octanol–water partition coefficient (Wildman–Crippen LogP) is 5.50. The molecule has 16 heteroatoms. The lowest BCUT2D eigenvalue weighted by Gasteiger charge is -2.34. The third-order valence-corrected chi connectivity index (χ3v) is 11.9. The molecule has 0 spiro atoms. The standard InChI is InChI=1S/C38H45N3O12S/c1-24(2)19-39(54(45,46)29-12-13-32-33(18-29)51-23-50-32)20-34-31(40(38(3,4)53-34)37(42)52-35-22-49-36-30(35)14-15-47-36)17-25-8-10-28(11-9-25)48-21-26-6-5-7-27(16-26)41(43)44/h5-13,16,18,24,30-31,34-36H,14-15,17,19-23H2,1-4H3/t30-,31+,34-,35-,36+/m0/s1. The Morgan fingerprint density at radius 2 is 1.81 bits per heavy atom. The maximum atomic E-state index is 14.3. The number of nitro groups is 1. The minimum atomic E-state index is -4.05. The molecule has 3 saturated heterocycles. The van der Waals surface area contributed by atoms with E-state index >= 15 is 0 Å². The van der Waals surface area contributed by atoms with Crippen LogP contribution in [-0.4, -0.2) is 92.0 Å². The molecule has 0 aliphatic carbocycles. The van der Waals surface area contributed by atoms with Crippen LogP contribution in [0.1, 0.15) is 45.2 Å². The van der Waals surface area contributed by atoms with Crippen LogP contribution in [0, 0.1) is 22.0 Å². The van der Waals surface area contributed by atoms with E-state index in [0.29, 0.717) is 42.3 Å². The molecule has 1 amide bonds. The van der Waals surface area contributed by atoms with Gasteiger partial charge in [0.05, 0.1) is 41.1 Å². The number of sulfonamides is 1. The van der Waals surface area contributed by atoms with Crippen molar-refractivity contribution in [1.82, 2.24) is 9.21 Å². The van der Waals surface area contributed by atoms with Crippen LogP contribution in [-0.2, 0) is 42.0 Å². The van der Waals surface area contributed by atoms with E-state index in [1.165, 1.54) is 28.6 Å². The summed E-state index contributed by atoms with van der Waals surface area (Å²) in [5, 5.41) is 11.2. The van der Waals surface area contributed by atoms with Crippen LogP contribution in [0.15, 0.2) is 71.6 Å². The van der Waals surface area contributed by atoms with Crippen LogP contribution in [0.3, 0.4) is 0 Å². The molecule has 0 saturated carbocycles. The predicted molar refractivity (Wildman–Crippen MR) is 192 cm³/mol. The molecule has 4 heterocycles. The minimum absolute atomic E-state index is 0.0134. The molecule has 5 atom stereocenters. The van der Waals surface area contributed by atoms with Crippen LogP contribution in [0.5, 0.6) is 17.2 Å². The Bertz CT molecular complexity index is 1960. The SMILES string of the molecule is CC(C)CN(C[C@@H]1OC(C)(C)N(C(=O)O[C@H]2CO[C@H]3OCC[C@H]32)[C@@H]1Cc1ccc(OCc2cccc([N+](=O)[O-])c2)cc1)S(=O)(=O)c1ccc2c(c1)OCO2. The highest BCUT2D eigenvalue weighted by molar-refractivity contribution is 7.89. The Morgan fingerprint density at radius 3 is 2.57 bits per heavy atom. The van der Waals surface area contributed by atoms with Crippen LogP contribution in [0.25, 0.3) is 0 Å². The Hall–Kier alpha value is -4.48. The summed E-state index contributed by atoms with van der Waals surface area (Å²) in [6.45, 7) is 8.49. The van der Waals surface area contributed by atoms with Gasteiger partial charge in [0, 0.05) is 31.3 Å². The highest BCUT2D eigenvalue weighted by Gasteiger charge is 2.53. The molecule has 7 rings (SSSR count). The monoisotopic (exact) mass is 767 g/mol. The van der Waals surface area contributed by atoms with Gasteiger partial charge in [-0.3, -0.25) is 15.0 Å². The molecule has 54 heavy (non-hydrogen) atoms. The smallest absolute Gasteiger partial charge is 0.412 e. The van der Waals surface area contributed by atoms with Gasteiger partial charge in [-0.1, -0.05) is 38.1 Å². The van der Waals surface area contributed by atoms with Crippen LogP contribution < -0.4 is 14.2 Å². The number of benzene rings is 3. The van der Waals surface area contributed by atoms with Crippen molar-refractivity contribution in [1.29, 1.82) is 0 Å². The maximum Gasteiger partial charge on any atom is 0.412 e. The van der Waals surface area contributed by atoms with E-state index in [4.69, 9.17) is 33.2 Å². The van der Waals surface area contributed by atoms with Crippen molar-refractivity contribution in [3.8, 4) is 17.2 Å². The molecule has 0 radical (unpaired) electrons. The molecule has 0 aromatic heterocycles. The molecule has 0 bridgehead atoms. The van der Waals surface area contributed by atoms with Gasteiger partial charge in [0.25, 0.3) is 5.69 Å². The second-order valence-corrected chi connectivity index (χ2v) is 16.7. The van der Waals surface area contributed by atoms with Gasteiger partial charge in [-0.05, 0) is 68.0 Å². The molecule has 0 unspecified atom stereocenters. The van der Waals surface area contributed by atoms with Gasteiger partial charge in [0.2, 0.25) is 16.8 Å². The number of nitro benzene ring substituents is 1. The van der Waals surface area contributed by atoms with Crippen molar-refractivity contribution < 1.29 is 51.3 Å². The average molecular weight is 768 g/mol. The number of hydrogen-bond acceptors (Lipinski definition) is 12. The lowest BCUT2D eigenvalue weighted by Crippen LogP contribution is -2.51. The van der Waals surface area contributed by atoms with Crippen molar-refractivity contribution in [2.45, 2.75) is 82.3 Å². The van der Waals surface area contributed by atoms with E-state index in [1.807, 2.05) is 26.0 Å². The zero-order valence-corrected chi connectivity index (χ0v) is 31.4. The summed E-state index contributed by atoms with van der Waals surface area (Å²) in [5.74, 6) is 1.28. The van der Waals surface area contributed by atoms with E-state index in [-0.39, 0.29) is 55.5 Å². The molecule has 4 aliphatic heterocycles. The number of nitrogens with zero attached hydrogens (tertiary/aromatic N) is 3. The molecular formula is C38H45N3O12S. The topological polar surface area (TPSA) is 165 Å². The Labute approximate surface area is 314 Å². The lowest BCUT2D eigenvalue weighted by atomic mass is 9.99. The van der Waals surface area contributed by atoms with E-state index in [0.717, 1.165) is 5.56 Å². The Kier molecular flexibility index (Phi) is 10.7. The zero-order valence-electron chi connectivity index (χ0n) is 30.6. The number of hydrogen-bond donors (Lipinski definition) is 0. The third-order valence-electron chi connectivity index (χ3n) is 10.0. The van der Waals surface area contributed by atoms with Crippen molar-refractivity contribution >= 4 is 21.8 Å². The Morgan fingerprint density at radius 1 is 1.04 bits per heavy atom. The number of carbonyl (C=O) groups is 1. The van der Waals surface area contributed by atoms with Crippen molar-refractivity contribution in [2.24, 2.45) is 11.8 Å². The molecule has 4 aliphatic rings. The number of amides is 1. The molecule has 3 fully saturated rings. The number of ether oxygens (including phenoxy) is 7. The van der Waals surface area contributed by atoms with Crippen molar-refractivity contribution in [3.63, 3.8) is 0 Å². The summed E-state index contributed by atoms with van der Waals surface area (Å²) in [7, 11) is -4.05. The number of fused-ring (bicyclic) bond motifs is 2. The average Bonchev–Trinajstić information content (AvgIpc) is 3.92. The van der Waals surface area contributed by atoms with E-state index in [2.05, 4.69) is 0 Å². The molecule has 3 aromatic rings. The maximum absolute atomic E-state index is 14.3. The van der Waals surface area contributed by atoms with Crippen molar-refractivity contribution in [3.05, 3.63) is 88.0 Å². The molecule has 15 nitrogen and oxygen atoms in total. The lowest BCUT2D eigenvalue weighted by molar-refractivity contribution is -0.384. The van der Waals surface area contributed by atoms with E-state index in [9.17, 15) is 23.3 Å². The first-order valence-electron chi connectivity index (χ1n) is 18.0. The summed E-state index contributed by atoms with van der Waals surface area (Å²) < 4.78 is 70.9. The second-order valence-electron chi connectivity index (χ2n) is 14.8. The number of carbonyl (C=O) groups excluding carboxylic acids is 1. The summed E-state index contributed by atoms with van der Waals surface area (Å²) in [4.78, 5) is 26.6. The van der Waals surface area contributed by atoms with Gasteiger partial charge in [-0.15, -0.1) is 0 Å². The first-order chi connectivity index (χ1) is 25.8. The summed E-state index contributed by atoms with van der Waals surface area (Å²) in [6.07, 6.45) is -1.21. The van der Waals surface area contributed by atoms with Crippen LogP contribution in [0.2, 0.25) is 0 Å². The van der Waals surface area contributed by atoms with Gasteiger partial charge in [0.15, 0.2) is 17.8 Å². The number of non-ortho nitro benzene ring substituents is 1. The first kappa shape index (κ1) is 37.8. The first-order valence-corrected chi connectivity index (χ1v) is 19.5. The van der Waals surface area contributed by atoms with Crippen LogP contribution >= 0.6 is 0 Å². The quantitative estimate of drug-likeness (QED) is 0.159. The van der Waals surface area contributed by atoms with E-state index < -0.39 is 51.3 Å². The van der Waals surface area contributed by atoms with Gasteiger partial charge < -0.3 is 33.2 Å². The molecule has 0 N–H and O–H groups in total. The highest BCUT2D eigenvalue weighted by Crippen LogP contribution is 2.40. The highest BCUT2D eigenvalue weighted by atomic mass is 32.2. The van der Waals surface area contributed by atoms with Gasteiger partial charge in [-0.2, -0.15) is 4.31 Å². The Balaban J connectivity index is 1.14. The van der Waals surface area contributed by atoms with Gasteiger partial charge in [-0.25, -0.2) is 13.2 Å². The fraction of sp³-hybridized carbons (Fsp3) is 0.500. The zero-order chi connectivity index (χ0) is 38.2. The van der Waals surface area contributed by atoms with Gasteiger partial charge >= 0.3 is 6.09 Å². The van der Waals surface area contributed by atoms with Gasteiger partial charge in [0.1, 0.15) is 24.2 Å². The van der Waals surface area contributed by atoms with Crippen molar-refractivity contribution in [2.75, 3.05) is 33.1 Å². The third kappa shape index (κ3) is 7.98. The summed E-state index contributed by atoms with van der Waals surface area (Å²) >= 11 is 0. The second kappa shape index (κ2) is 15.3.